The van der Waals surface area contributed by atoms with Gasteiger partial charge in [0.1, 0.15) is 5.82 Å². The van der Waals surface area contributed by atoms with Crippen molar-refractivity contribution in [3.05, 3.63) is 70.0 Å². The van der Waals surface area contributed by atoms with Crippen LogP contribution in [0.5, 0.6) is 0 Å². The average molecular weight is 287 g/mol. The summed E-state index contributed by atoms with van der Waals surface area (Å²) in [5.74, 6) is -0.896. The van der Waals surface area contributed by atoms with Crippen molar-refractivity contribution in [1.82, 2.24) is 15.1 Å². The zero-order valence-electron chi connectivity index (χ0n) is 11.6. The van der Waals surface area contributed by atoms with E-state index in [9.17, 15) is 14.0 Å². The van der Waals surface area contributed by atoms with E-state index in [4.69, 9.17) is 0 Å². The molecular formula is C15H14FN3O2. The number of aromatic nitrogens is 2. The van der Waals surface area contributed by atoms with E-state index in [1.807, 2.05) is 0 Å². The van der Waals surface area contributed by atoms with Crippen LogP contribution in [0.1, 0.15) is 17.4 Å². The molecular weight excluding hydrogens is 273 g/mol. The maximum Gasteiger partial charge on any atom is 0.214 e. The first-order valence-electron chi connectivity index (χ1n) is 6.27. The molecule has 21 heavy (non-hydrogen) atoms. The molecule has 108 valence electrons. The molecule has 0 aliphatic heterocycles. The standard InChI is InChI=1S/C15H14FN3O2/c1-10(9-17-2)15(21)14-13(20)6-7-19(18-14)12-5-3-4-11(16)8-12/h3-9,17H,1-2H3/b10-9+. The Morgan fingerprint density at radius 2 is 2.14 bits per heavy atom. The number of nitrogens with zero attached hydrogens (tertiary/aromatic N) is 2. The summed E-state index contributed by atoms with van der Waals surface area (Å²) in [6.45, 7) is 1.58. The van der Waals surface area contributed by atoms with Crippen molar-refractivity contribution in [2.75, 3.05) is 7.05 Å². The smallest absolute Gasteiger partial charge is 0.214 e. The molecule has 1 heterocycles. The van der Waals surface area contributed by atoms with Gasteiger partial charge in [0.15, 0.2) is 5.69 Å². The third-order valence-electron chi connectivity index (χ3n) is 2.82. The molecule has 1 N–H and O–H groups in total. The maximum absolute atomic E-state index is 13.2. The van der Waals surface area contributed by atoms with Crippen molar-refractivity contribution in [1.29, 1.82) is 0 Å². The fraction of sp³-hybridized carbons (Fsp3) is 0.133. The predicted octanol–water partition coefficient (Wildman–Crippen LogP) is 1.68. The quantitative estimate of drug-likeness (QED) is 0.686. The molecule has 1 aromatic carbocycles. The number of carbonyl (C=O) groups is 1. The van der Waals surface area contributed by atoms with Crippen molar-refractivity contribution in [2.45, 2.75) is 6.92 Å². The molecule has 0 saturated heterocycles. The Labute approximate surface area is 120 Å². The third-order valence-corrected chi connectivity index (χ3v) is 2.82. The van der Waals surface area contributed by atoms with Crippen LogP contribution in [-0.2, 0) is 0 Å². The minimum absolute atomic E-state index is 0.203. The number of benzene rings is 1. The number of hydrogen-bond donors (Lipinski definition) is 1. The molecule has 0 unspecified atom stereocenters. The molecule has 0 saturated carbocycles. The van der Waals surface area contributed by atoms with Crippen molar-refractivity contribution in [2.24, 2.45) is 0 Å². The van der Waals surface area contributed by atoms with Crippen LogP contribution < -0.4 is 10.7 Å². The Kier molecular flexibility index (Phi) is 4.27. The summed E-state index contributed by atoms with van der Waals surface area (Å²) >= 11 is 0. The van der Waals surface area contributed by atoms with Crippen LogP contribution in [0.2, 0.25) is 0 Å². The van der Waals surface area contributed by atoms with Gasteiger partial charge in [-0.05, 0) is 25.1 Å². The molecule has 0 fully saturated rings. The summed E-state index contributed by atoms with van der Waals surface area (Å²) < 4.78 is 14.5. The largest absolute Gasteiger partial charge is 0.394 e. The number of halogens is 1. The van der Waals surface area contributed by atoms with Gasteiger partial charge in [0.2, 0.25) is 11.2 Å². The Morgan fingerprint density at radius 1 is 1.38 bits per heavy atom. The second-order valence-corrected chi connectivity index (χ2v) is 4.40. The van der Waals surface area contributed by atoms with Crippen LogP contribution in [0.3, 0.4) is 0 Å². The second kappa shape index (κ2) is 6.13. The van der Waals surface area contributed by atoms with Gasteiger partial charge in [-0.25, -0.2) is 9.07 Å². The molecule has 2 aromatic rings. The molecule has 0 spiro atoms. The van der Waals surface area contributed by atoms with Crippen molar-refractivity contribution in [3.8, 4) is 5.69 Å². The highest BCUT2D eigenvalue weighted by Crippen LogP contribution is 2.08. The third kappa shape index (κ3) is 3.22. The number of ketones is 1. The van der Waals surface area contributed by atoms with Crippen molar-refractivity contribution >= 4 is 5.78 Å². The summed E-state index contributed by atoms with van der Waals surface area (Å²) in [6.07, 6.45) is 2.88. The van der Waals surface area contributed by atoms with E-state index in [1.165, 1.54) is 41.3 Å². The van der Waals surface area contributed by atoms with E-state index in [0.717, 1.165) is 0 Å². The molecule has 0 aliphatic carbocycles. The van der Waals surface area contributed by atoms with Gasteiger partial charge in [0, 0.05) is 31.1 Å². The van der Waals surface area contributed by atoms with Crippen molar-refractivity contribution in [3.63, 3.8) is 0 Å². The molecule has 5 nitrogen and oxygen atoms in total. The van der Waals surface area contributed by atoms with Crippen LogP contribution >= 0.6 is 0 Å². The number of allylic oxidation sites excluding steroid dienone is 1. The lowest BCUT2D eigenvalue weighted by Gasteiger charge is -2.07. The van der Waals surface area contributed by atoms with Crippen LogP contribution in [0.25, 0.3) is 5.69 Å². The minimum Gasteiger partial charge on any atom is -0.394 e. The highest BCUT2D eigenvalue weighted by atomic mass is 19.1. The molecule has 0 bridgehead atoms. The molecule has 1 aromatic heterocycles. The predicted molar refractivity (Wildman–Crippen MR) is 76.9 cm³/mol. The van der Waals surface area contributed by atoms with Gasteiger partial charge < -0.3 is 5.32 Å². The number of rotatable bonds is 4. The zero-order valence-corrected chi connectivity index (χ0v) is 11.6. The number of carbonyl (C=O) groups excluding carboxylic acids is 1. The van der Waals surface area contributed by atoms with Gasteiger partial charge in [0.25, 0.3) is 0 Å². The van der Waals surface area contributed by atoms with E-state index in [0.29, 0.717) is 11.3 Å². The van der Waals surface area contributed by atoms with Crippen LogP contribution in [0, 0.1) is 5.82 Å². The van der Waals surface area contributed by atoms with E-state index in [1.54, 1.807) is 20.0 Å². The van der Waals surface area contributed by atoms with Gasteiger partial charge in [-0.15, -0.1) is 0 Å². The van der Waals surface area contributed by atoms with E-state index < -0.39 is 17.0 Å². The number of nitrogens with one attached hydrogen (secondary N) is 1. The van der Waals surface area contributed by atoms with Gasteiger partial charge >= 0.3 is 0 Å². The first-order valence-corrected chi connectivity index (χ1v) is 6.27. The summed E-state index contributed by atoms with van der Waals surface area (Å²) in [5, 5.41) is 6.73. The summed E-state index contributed by atoms with van der Waals surface area (Å²) in [5.41, 5.74) is 0.112. The topological polar surface area (TPSA) is 64.0 Å². The van der Waals surface area contributed by atoms with Crippen LogP contribution in [-0.4, -0.2) is 22.6 Å². The Morgan fingerprint density at radius 3 is 2.81 bits per heavy atom. The average Bonchev–Trinajstić information content (AvgIpc) is 2.47. The lowest BCUT2D eigenvalue weighted by Crippen LogP contribution is -2.21. The summed E-state index contributed by atoms with van der Waals surface area (Å²) in [7, 11) is 1.65. The van der Waals surface area contributed by atoms with E-state index in [-0.39, 0.29) is 5.69 Å². The second-order valence-electron chi connectivity index (χ2n) is 4.40. The molecule has 0 aliphatic rings. The lowest BCUT2D eigenvalue weighted by molar-refractivity contribution is 0.102. The first-order chi connectivity index (χ1) is 10.0. The lowest BCUT2D eigenvalue weighted by atomic mass is 10.1. The van der Waals surface area contributed by atoms with Gasteiger partial charge in [-0.1, -0.05) is 6.07 Å². The Bertz CT molecular complexity index is 766. The Balaban J connectivity index is 2.50. The fourth-order valence-corrected chi connectivity index (χ4v) is 1.80. The minimum atomic E-state index is -0.475. The fourth-order valence-electron chi connectivity index (χ4n) is 1.80. The van der Waals surface area contributed by atoms with Gasteiger partial charge in [-0.2, -0.15) is 5.10 Å². The number of hydrogen-bond acceptors (Lipinski definition) is 4. The zero-order chi connectivity index (χ0) is 15.4. The monoisotopic (exact) mass is 287 g/mol. The highest BCUT2D eigenvalue weighted by molar-refractivity contribution is 6.06. The molecule has 0 atom stereocenters. The van der Waals surface area contributed by atoms with E-state index >= 15 is 0 Å². The normalized spacial score (nSPS) is 11.3. The Hall–Kier alpha value is -2.76. The molecule has 2 rings (SSSR count). The van der Waals surface area contributed by atoms with Crippen molar-refractivity contribution < 1.29 is 9.18 Å². The molecule has 6 heteroatoms. The highest BCUT2D eigenvalue weighted by Gasteiger charge is 2.15. The SMILES string of the molecule is CN/C=C(\C)C(=O)c1nn(-c2cccc(F)c2)ccc1=O. The first kappa shape index (κ1) is 14.6. The van der Waals surface area contributed by atoms with Gasteiger partial charge in [-0.3, -0.25) is 9.59 Å². The molecule has 0 amide bonds. The van der Waals surface area contributed by atoms with E-state index in [2.05, 4.69) is 10.4 Å². The summed E-state index contributed by atoms with van der Waals surface area (Å²) in [4.78, 5) is 23.9. The van der Waals surface area contributed by atoms with Crippen LogP contribution in [0.15, 0.2) is 53.1 Å². The van der Waals surface area contributed by atoms with Gasteiger partial charge in [0.05, 0.1) is 5.69 Å². The number of Topliss-reactive ketones (excluding diaryl/α,β-unsaturated/α-hetero) is 1. The summed E-state index contributed by atoms with van der Waals surface area (Å²) in [6, 6.07) is 6.96. The maximum atomic E-state index is 13.2. The molecule has 0 radical (unpaired) electrons. The van der Waals surface area contributed by atoms with Crippen LogP contribution in [0.4, 0.5) is 4.39 Å².